The van der Waals surface area contributed by atoms with E-state index in [4.69, 9.17) is 0 Å². The van der Waals surface area contributed by atoms with Crippen LogP contribution in [0, 0.1) is 0 Å². The zero-order valence-corrected chi connectivity index (χ0v) is 13.4. The summed E-state index contributed by atoms with van der Waals surface area (Å²) in [5.74, 6) is 0.279. The number of nitrogens with zero attached hydrogens (tertiary/aromatic N) is 2. The summed E-state index contributed by atoms with van der Waals surface area (Å²) in [4.78, 5) is 16.7. The van der Waals surface area contributed by atoms with Gasteiger partial charge in [0.15, 0.2) is 0 Å². The molecular weight excluding hydrogens is 238 g/mol. The fraction of sp³-hybridized carbons (Fsp3) is 0.933. The first kappa shape index (κ1) is 16.4. The molecule has 0 radical (unpaired) electrons. The lowest BCUT2D eigenvalue weighted by Crippen LogP contribution is -2.45. The maximum atomic E-state index is 12.2. The number of carbonyl (C=O) groups is 1. The quantitative estimate of drug-likeness (QED) is 0.764. The Labute approximate surface area is 118 Å². The molecule has 1 amide bonds. The monoisotopic (exact) mass is 269 g/mol. The molecule has 4 heteroatoms. The summed E-state index contributed by atoms with van der Waals surface area (Å²) in [6.07, 6.45) is 0.945. The Kier molecular flexibility index (Phi) is 6.27. The molecule has 1 rings (SSSR count). The first-order valence-electron chi connectivity index (χ1n) is 7.63. The van der Waals surface area contributed by atoms with Crippen LogP contribution < -0.4 is 5.32 Å². The van der Waals surface area contributed by atoms with Crippen LogP contribution in [0.2, 0.25) is 0 Å². The standard InChI is InChI=1S/C15H31N3O/c1-11(2)16-14-7-8-17(15(14)19)9-10-18(12(3)4)13(5)6/h11-14,16H,7-10H2,1-6H3. The normalized spacial score (nSPS) is 20.6. The van der Waals surface area contributed by atoms with E-state index in [2.05, 4.69) is 51.8 Å². The lowest BCUT2D eigenvalue weighted by molar-refractivity contribution is -0.129. The maximum absolute atomic E-state index is 12.2. The minimum Gasteiger partial charge on any atom is -0.340 e. The smallest absolute Gasteiger partial charge is 0.239 e. The van der Waals surface area contributed by atoms with Gasteiger partial charge in [-0.25, -0.2) is 0 Å². The van der Waals surface area contributed by atoms with Gasteiger partial charge in [-0.3, -0.25) is 9.69 Å². The summed E-state index contributed by atoms with van der Waals surface area (Å²) in [6, 6.07) is 1.47. The second kappa shape index (κ2) is 7.25. The van der Waals surface area contributed by atoms with Crippen molar-refractivity contribution in [2.24, 2.45) is 0 Å². The first-order chi connectivity index (χ1) is 8.82. The van der Waals surface area contributed by atoms with Gasteiger partial charge in [-0.05, 0) is 34.1 Å². The van der Waals surface area contributed by atoms with E-state index < -0.39 is 0 Å². The van der Waals surface area contributed by atoms with Crippen molar-refractivity contribution in [3.05, 3.63) is 0 Å². The van der Waals surface area contributed by atoms with Crippen molar-refractivity contribution in [1.82, 2.24) is 15.1 Å². The van der Waals surface area contributed by atoms with Gasteiger partial charge in [0.05, 0.1) is 6.04 Å². The van der Waals surface area contributed by atoms with Gasteiger partial charge in [0.2, 0.25) is 5.91 Å². The lowest BCUT2D eigenvalue weighted by Gasteiger charge is -2.32. The molecular formula is C15H31N3O. The molecule has 0 aromatic rings. The highest BCUT2D eigenvalue weighted by Crippen LogP contribution is 2.13. The van der Waals surface area contributed by atoms with Crippen molar-refractivity contribution in [2.45, 2.75) is 72.1 Å². The van der Waals surface area contributed by atoms with Crippen LogP contribution in [0.5, 0.6) is 0 Å². The molecule has 0 bridgehead atoms. The molecule has 4 nitrogen and oxygen atoms in total. The molecule has 1 saturated heterocycles. The van der Waals surface area contributed by atoms with Crippen LogP contribution in [0.25, 0.3) is 0 Å². The van der Waals surface area contributed by atoms with Crippen molar-refractivity contribution >= 4 is 5.91 Å². The van der Waals surface area contributed by atoms with Crippen molar-refractivity contribution < 1.29 is 4.79 Å². The molecule has 0 aliphatic carbocycles. The minimum absolute atomic E-state index is 0.0338. The van der Waals surface area contributed by atoms with Crippen molar-refractivity contribution in [1.29, 1.82) is 0 Å². The highest BCUT2D eigenvalue weighted by atomic mass is 16.2. The van der Waals surface area contributed by atoms with Crippen molar-refractivity contribution in [2.75, 3.05) is 19.6 Å². The van der Waals surface area contributed by atoms with Gasteiger partial charge < -0.3 is 10.2 Å². The number of nitrogens with one attached hydrogen (secondary N) is 1. The average molecular weight is 269 g/mol. The molecule has 112 valence electrons. The second-order valence-electron chi connectivity index (χ2n) is 6.41. The molecule has 0 saturated carbocycles. The fourth-order valence-electron chi connectivity index (χ4n) is 2.87. The van der Waals surface area contributed by atoms with Crippen molar-refractivity contribution in [3.63, 3.8) is 0 Å². The highest BCUT2D eigenvalue weighted by Gasteiger charge is 2.31. The Balaban J connectivity index is 2.44. The van der Waals surface area contributed by atoms with Gasteiger partial charge >= 0.3 is 0 Å². The number of likely N-dealkylation sites (tertiary alicyclic amines) is 1. The summed E-state index contributed by atoms with van der Waals surface area (Å²) in [7, 11) is 0. The SMILES string of the molecule is CC(C)NC1CCN(CCN(C(C)C)C(C)C)C1=O. The molecule has 1 aliphatic heterocycles. The van der Waals surface area contributed by atoms with E-state index in [1.54, 1.807) is 0 Å². The molecule has 19 heavy (non-hydrogen) atoms. The molecule has 1 N–H and O–H groups in total. The van der Waals surface area contributed by atoms with Crippen LogP contribution in [-0.2, 0) is 4.79 Å². The van der Waals surface area contributed by atoms with E-state index in [0.29, 0.717) is 18.1 Å². The molecule has 1 atom stereocenters. The van der Waals surface area contributed by atoms with Gasteiger partial charge in [0, 0.05) is 37.8 Å². The molecule has 1 heterocycles. The van der Waals surface area contributed by atoms with E-state index >= 15 is 0 Å². The van der Waals surface area contributed by atoms with Crippen LogP contribution in [0.4, 0.5) is 0 Å². The van der Waals surface area contributed by atoms with Gasteiger partial charge in [0.25, 0.3) is 0 Å². The van der Waals surface area contributed by atoms with Gasteiger partial charge in [-0.2, -0.15) is 0 Å². The Morgan fingerprint density at radius 3 is 2.26 bits per heavy atom. The maximum Gasteiger partial charge on any atom is 0.239 e. The largest absolute Gasteiger partial charge is 0.340 e. The second-order valence-corrected chi connectivity index (χ2v) is 6.41. The van der Waals surface area contributed by atoms with E-state index in [1.165, 1.54) is 0 Å². The zero-order valence-electron chi connectivity index (χ0n) is 13.4. The molecule has 0 aromatic heterocycles. The number of carbonyl (C=O) groups excluding carboxylic acids is 1. The van der Waals surface area contributed by atoms with Crippen LogP contribution in [0.3, 0.4) is 0 Å². The fourth-order valence-corrected chi connectivity index (χ4v) is 2.87. The number of hydrogen-bond acceptors (Lipinski definition) is 3. The first-order valence-corrected chi connectivity index (χ1v) is 7.63. The van der Waals surface area contributed by atoms with Gasteiger partial charge in [0.1, 0.15) is 0 Å². The topological polar surface area (TPSA) is 35.6 Å². The molecule has 1 fully saturated rings. The molecule has 1 aliphatic rings. The van der Waals surface area contributed by atoms with E-state index in [9.17, 15) is 4.79 Å². The summed E-state index contributed by atoms with van der Waals surface area (Å²) < 4.78 is 0. The van der Waals surface area contributed by atoms with Crippen molar-refractivity contribution in [3.8, 4) is 0 Å². The van der Waals surface area contributed by atoms with Crippen LogP contribution >= 0.6 is 0 Å². The third kappa shape index (κ3) is 4.77. The Bertz CT molecular complexity index is 281. The Morgan fingerprint density at radius 1 is 1.21 bits per heavy atom. The summed E-state index contributed by atoms with van der Waals surface area (Å²) in [5, 5.41) is 3.35. The number of amides is 1. The number of rotatable bonds is 7. The van der Waals surface area contributed by atoms with E-state index in [1.807, 2.05) is 4.90 Å². The lowest BCUT2D eigenvalue weighted by atomic mass is 10.2. The molecule has 0 spiro atoms. The van der Waals surface area contributed by atoms with Gasteiger partial charge in [-0.15, -0.1) is 0 Å². The average Bonchev–Trinajstić information content (AvgIpc) is 2.60. The third-order valence-corrected chi connectivity index (χ3v) is 3.79. The Hall–Kier alpha value is -0.610. The third-order valence-electron chi connectivity index (χ3n) is 3.79. The van der Waals surface area contributed by atoms with Crippen LogP contribution in [0.1, 0.15) is 48.0 Å². The predicted octanol–water partition coefficient (Wildman–Crippen LogP) is 1.70. The van der Waals surface area contributed by atoms with E-state index in [-0.39, 0.29) is 11.9 Å². The van der Waals surface area contributed by atoms with Crippen LogP contribution in [-0.4, -0.2) is 59.5 Å². The minimum atomic E-state index is 0.0338. The zero-order chi connectivity index (χ0) is 14.6. The van der Waals surface area contributed by atoms with Crippen LogP contribution in [0.15, 0.2) is 0 Å². The predicted molar refractivity (Wildman–Crippen MR) is 80.2 cm³/mol. The summed E-state index contributed by atoms with van der Waals surface area (Å²) in [5.41, 5.74) is 0. The number of hydrogen-bond donors (Lipinski definition) is 1. The summed E-state index contributed by atoms with van der Waals surface area (Å²) in [6.45, 7) is 15.8. The van der Waals surface area contributed by atoms with E-state index in [0.717, 1.165) is 26.1 Å². The molecule has 0 aromatic carbocycles. The summed E-state index contributed by atoms with van der Waals surface area (Å²) >= 11 is 0. The highest BCUT2D eigenvalue weighted by molar-refractivity contribution is 5.84. The van der Waals surface area contributed by atoms with Gasteiger partial charge in [-0.1, -0.05) is 13.8 Å². The Morgan fingerprint density at radius 2 is 1.79 bits per heavy atom. The molecule has 1 unspecified atom stereocenters.